The fraction of sp³-hybridized carbons (Fsp3) is 0.593. The molecule has 3 fully saturated rings. The van der Waals surface area contributed by atoms with Crippen molar-refractivity contribution in [3.05, 3.63) is 53.6 Å². The molecule has 0 spiro atoms. The Morgan fingerprint density at radius 3 is 2.73 bits per heavy atom. The van der Waals surface area contributed by atoms with E-state index in [1.165, 1.54) is 17.7 Å². The molecule has 5 nitrogen and oxygen atoms in total. The van der Waals surface area contributed by atoms with E-state index in [9.17, 15) is 14.3 Å². The Balaban J connectivity index is 1.32. The number of nitrogens with zero attached hydrogens (tertiary/aromatic N) is 3. The molecule has 4 aliphatic rings. The fourth-order valence-electron chi connectivity index (χ4n) is 8.20. The summed E-state index contributed by atoms with van der Waals surface area (Å²) in [5, 5.41) is 20.8. The van der Waals surface area contributed by atoms with E-state index in [1.54, 1.807) is 16.8 Å². The molecule has 0 amide bonds. The fourth-order valence-corrected chi connectivity index (χ4v) is 8.20. The average molecular weight is 450 g/mol. The van der Waals surface area contributed by atoms with Crippen molar-refractivity contribution in [2.75, 3.05) is 0 Å². The number of hydrogen-bond donors (Lipinski definition) is 1. The van der Waals surface area contributed by atoms with Crippen molar-refractivity contribution in [3.63, 3.8) is 0 Å². The van der Waals surface area contributed by atoms with Crippen LogP contribution in [0.15, 0.2) is 42.1 Å². The average Bonchev–Trinajstić information content (AvgIpc) is 3.38. The molecule has 6 heteroatoms. The van der Waals surface area contributed by atoms with E-state index in [-0.39, 0.29) is 11.2 Å². The number of fused-ring (bicyclic) bond motifs is 5. The van der Waals surface area contributed by atoms with Crippen molar-refractivity contribution in [1.29, 1.82) is 0 Å². The molecule has 0 saturated heterocycles. The molecule has 0 bridgehead atoms. The largest absolute Gasteiger partial charge is 0.383 e. The number of carbonyl (C=O) groups is 1. The zero-order valence-electron chi connectivity index (χ0n) is 19.4. The molecule has 2 aromatic rings. The Morgan fingerprint density at radius 1 is 1.15 bits per heavy atom. The first kappa shape index (κ1) is 21.2. The third-order valence-electron chi connectivity index (χ3n) is 9.80. The number of rotatable bonds is 2. The molecule has 0 radical (unpaired) electrons. The van der Waals surface area contributed by atoms with Crippen LogP contribution in [-0.4, -0.2) is 25.9 Å². The number of benzene rings is 1. The highest BCUT2D eigenvalue weighted by Crippen LogP contribution is 2.68. The molecule has 7 atom stereocenters. The van der Waals surface area contributed by atoms with E-state index < -0.39 is 5.60 Å². The minimum absolute atomic E-state index is 0.252. The van der Waals surface area contributed by atoms with Gasteiger partial charge in [0.2, 0.25) is 0 Å². The van der Waals surface area contributed by atoms with Gasteiger partial charge in [-0.15, -0.1) is 5.10 Å². The minimum atomic E-state index is -1.01. The van der Waals surface area contributed by atoms with Gasteiger partial charge in [-0.05, 0) is 98.5 Å². The highest BCUT2D eigenvalue weighted by atomic mass is 19.1. The summed E-state index contributed by atoms with van der Waals surface area (Å²) >= 11 is 0. The molecule has 1 N–H and O–H groups in total. The third kappa shape index (κ3) is 3.02. The first-order valence-corrected chi connectivity index (χ1v) is 12.4. The van der Waals surface area contributed by atoms with Crippen molar-refractivity contribution in [2.45, 2.75) is 64.4 Å². The molecule has 1 heterocycles. The number of carbonyl (C=O) groups excluding carboxylic acids is 1. The predicted molar refractivity (Wildman–Crippen MR) is 122 cm³/mol. The molecule has 0 aliphatic heterocycles. The van der Waals surface area contributed by atoms with Crippen LogP contribution in [0.3, 0.4) is 0 Å². The van der Waals surface area contributed by atoms with Gasteiger partial charge in [-0.1, -0.05) is 24.6 Å². The van der Waals surface area contributed by atoms with E-state index in [0.717, 1.165) is 37.8 Å². The summed E-state index contributed by atoms with van der Waals surface area (Å²) in [7, 11) is 0. The molecule has 174 valence electrons. The van der Waals surface area contributed by atoms with E-state index in [0.29, 0.717) is 53.9 Å². The maximum atomic E-state index is 13.3. The van der Waals surface area contributed by atoms with Gasteiger partial charge in [-0.2, -0.15) is 0 Å². The molecule has 3 saturated carbocycles. The van der Waals surface area contributed by atoms with Gasteiger partial charge in [0.25, 0.3) is 0 Å². The second kappa shape index (κ2) is 7.33. The highest BCUT2D eigenvalue weighted by Gasteiger charge is 2.64. The first-order valence-electron chi connectivity index (χ1n) is 12.4. The maximum Gasteiger partial charge on any atom is 0.155 e. The second-order valence-electron chi connectivity index (χ2n) is 11.2. The summed E-state index contributed by atoms with van der Waals surface area (Å²) in [6, 6.07) is 6.16. The number of hydrogen-bond acceptors (Lipinski definition) is 4. The Hall–Kier alpha value is -2.34. The number of aromatic nitrogens is 3. The third-order valence-corrected chi connectivity index (χ3v) is 9.80. The molecule has 1 aromatic carbocycles. The summed E-state index contributed by atoms with van der Waals surface area (Å²) in [5.41, 5.74) is 1.48. The van der Waals surface area contributed by atoms with E-state index in [2.05, 4.69) is 24.2 Å². The molecule has 5 unspecified atom stereocenters. The van der Waals surface area contributed by atoms with E-state index in [4.69, 9.17) is 0 Å². The predicted octanol–water partition coefficient (Wildman–Crippen LogP) is 4.98. The summed E-state index contributed by atoms with van der Waals surface area (Å²) < 4.78 is 15.0. The van der Waals surface area contributed by atoms with Crippen LogP contribution in [0.5, 0.6) is 0 Å². The van der Waals surface area contributed by atoms with Crippen LogP contribution in [0.1, 0.15) is 64.5 Å². The van der Waals surface area contributed by atoms with Crippen molar-refractivity contribution in [1.82, 2.24) is 15.0 Å². The maximum absolute atomic E-state index is 13.3. The molecule has 6 rings (SSSR count). The van der Waals surface area contributed by atoms with Gasteiger partial charge in [0.15, 0.2) is 5.78 Å². The second-order valence-corrected chi connectivity index (χ2v) is 11.2. The van der Waals surface area contributed by atoms with E-state index in [1.807, 2.05) is 12.3 Å². The van der Waals surface area contributed by atoms with E-state index >= 15 is 0 Å². The van der Waals surface area contributed by atoms with Crippen LogP contribution in [0, 0.1) is 40.8 Å². The van der Waals surface area contributed by atoms with Gasteiger partial charge in [0, 0.05) is 11.8 Å². The normalized spacial score (nSPS) is 40.1. The molecule has 33 heavy (non-hydrogen) atoms. The van der Waals surface area contributed by atoms with Gasteiger partial charge in [0.1, 0.15) is 17.1 Å². The number of allylic oxidation sites excluding steroid dienone is 1. The minimum Gasteiger partial charge on any atom is -0.383 e. The van der Waals surface area contributed by atoms with Crippen molar-refractivity contribution >= 4 is 5.78 Å². The standard InChI is InChI=1S/C27H32FN3O2/c1-16-13-17-14-20(32)7-8-21(17)22-9-11-26(2)23(25(16)22)10-12-27(26,33)24-15-31(30-29-24)19-5-3-18(28)4-6-19/h3-6,14-16,21-23,25,33H,7-13H2,1-2H3/t16?,21?,22?,23?,25?,26-,27+/m0/s1. The Kier molecular flexibility index (Phi) is 4.71. The summed E-state index contributed by atoms with van der Waals surface area (Å²) in [6.07, 6.45) is 10.2. The molecular weight excluding hydrogens is 417 g/mol. The number of ketones is 1. The lowest BCUT2D eigenvalue weighted by Crippen LogP contribution is -2.53. The van der Waals surface area contributed by atoms with Crippen molar-refractivity contribution < 1.29 is 14.3 Å². The van der Waals surface area contributed by atoms with Gasteiger partial charge in [-0.3, -0.25) is 4.79 Å². The van der Waals surface area contributed by atoms with Gasteiger partial charge < -0.3 is 5.11 Å². The molecule has 1 aromatic heterocycles. The zero-order chi connectivity index (χ0) is 23.0. The summed E-state index contributed by atoms with van der Waals surface area (Å²) in [6.45, 7) is 4.61. The van der Waals surface area contributed by atoms with Crippen LogP contribution >= 0.6 is 0 Å². The topological polar surface area (TPSA) is 68.0 Å². The monoisotopic (exact) mass is 449 g/mol. The smallest absolute Gasteiger partial charge is 0.155 e. The lowest BCUT2D eigenvalue weighted by molar-refractivity contribution is -0.134. The lowest BCUT2D eigenvalue weighted by atomic mass is 9.48. The SMILES string of the molecule is CC1CC2=CC(=O)CCC2C2CC[C@@]3(C)C(CC[C@@]3(O)c3cn(-c4ccc(F)cc4)nn3)C12. The Bertz CT molecular complexity index is 1120. The van der Waals surface area contributed by atoms with Crippen molar-refractivity contribution in [2.24, 2.45) is 35.0 Å². The van der Waals surface area contributed by atoms with Crippen LogP contribution in [-0.2, 0) is 10.4 Å². The highest BCUT2D eigenvalue weighted by molar-refractivity contribution is 5.91. The molecule has 4 aliphatic carbocycles. The number of halogens is 1. The lowest BCUT2D eigenvalue weighted by Gasteiger charge is -2.57. The van der Waals surface area contributed by atoms with Crippen LogP contribution in [0.25, 0.3) is 5.69 Å². The zero-order valence-corrected chi connectivity index (χ0v) is 19.4. The molecular formula is C27H32FN3O2. The van der Waals surface area contributed by atoms with Gasteiger partial charge >= 0.3 is 0 Å². The first-order chi connectivity index (χ1) is 15.8. The Labute approximate surface area is 194 Å². The van der Waals surface area contributed by atoms with Crippen LogP contribution < -0.4 is 0 Å². The quantitative estimate of drug-likeness (QED) is 0.702. The summed E-state index contributed by atoms with van der Waals surface area (Å²) in [4.78, 5) is 12.0. The van der Waals surface area contributed by atoms with Gasteiger partial charge in [-0.25, -0.2) is 9.07 Å². The van der Waals surface area contributed by atoms with Crippen molar-refractivity contribution in [3.8, 4) is 5.69 Å². The summed E-state index contributed by atoms with van der Waals surface area (Å²) in [5.74, 6) is 2.69. The van der Waals surface area contributed by atoms with Crippen LogP contribution in [0.4, 0.5) is 4.39 Å². The Morgan fingerprint density at radius 2 is 1.94 bits per heavy atom. The number of aliphatic hydroxyl groups is 1. The van der Waals surface area contributed by atoms with Gasteiger partial charge in [0.05, 0.1) is 11.9 Å². The van der Waals surface area contributed by atoms with Crippen LogP contribution in [0.2, 0.25) is 0 Å².